The molecule has 0 aliphatic heterocycles. The van der Waals surface area contributed by atoms with E-state index in [1.807, 2.05) is 13.0 Å². The number of allylic oxidation sites excluding steroid dienone is 1. The molecule has 4 rings (SSSR count). The van der Waals surface area contributed by atoms with Gasteiger partial charge in [-0.2, -0.15) is 5.26 Å². The van der Waals surface area contributed by atoms with Crippen LogP contribution >= 0.6 is 23.4 Å². The predicted octanol–water partition coefficient (Wildman–Crippen LogP) is 7.63. The minimum Gasteiger partial charge on any atom is -0.494 e. The van der Waals surface area contributed by atoms with Crippen LogP contribution in [0, 0.1) is 11.3 Å². The summed E-state index contributed by atoms with van der Waals surface area (Å²) in [6, 6.07) is 33.5. The summed E-state index contributed by atoms with van der Waals surface area (Å²) >= 11 is 7.60. The van der Waals surface area contributed by atoms with Crippen molar-refractivity contribution in [2.24, 2.45) is 0 Å². The van der Waals surface area contributed by atoms with E-state index in [2.05, 4.69) is 16.7 Å². The molecule has 2 N–H and O–H groups in total. The first-order chi connectivity index (χ1) is 21.4. The fourth-order valence-electron chi connectivity index (χ4n) is 4.42. The number of amides is 2. The standard InChI is InChI=1S/C35H30ClN3O4S/c1-2-43-27-19-17-26(18-20-27)38-33(41)23-44-35(39-34(42)25-13-7-4-8-14-25)30(22-37)29(28-15-9-10-16-31(28)36)21-32(40)24-11-5-3-6-12-24/h3-20,29H,2,21,23H2,1H3,(H,38,41)(H,39,42)/b35-30+/t29-/m0/s1. The number of ketones is 1. The molecule has 4 aromatic carbocycles. The molecule has 1 atom stereocenters. The number of ether oxygens (including phenoxy) is 1. The lowest BCUT2D eigenvalue weighted by Gasteiger charge is -2.21. The molecule has 0 heterocycles. The van der Waals surface area contributed by atoms with Crippen LogP contribution in [0.2, 0.25) is 5.02 Å². The summed E-state index contributed by atoms with van der Waals surface area (Å²) < 4.78 is 5.45. The molecule has 0 aromatic heterocycles. The Kier molecular flexibility index (Phi) is 11.8. The average molecular weight is 624 g/mol. The Morgan fingerprint density at radius 3 is 2.09 bits per heavy atom. The number of Topliss-reactive ketones (excluding diaryl/α,β-unsaturated/α-hetero) is 1. The predicted molar refractivity (Wildman–Crippen MR) is 175 cm³/mol. The number of carbonyl (C=O) groups excluding carboxylic acids is 3. The van der Waals surface area contributed by atoms with Gasteiger partial charge in [-0.1, -0.05) is 90.1 Å². The van der Waals surface area contributed by atoms with Gasteiger partial charge >= 0.3 is 0 Å². The lowest BCUT2D eigenvalue weighted by atomic mass is 9.86. The van der Waals surface area contributed by atoms with E-state index in [1.165, 1.54) is 0 Å². The molecule has 0 fully saturated rings. The number of nitrogens with zero attached hydrogens (tertiary/aromatic N) is 1. The Hall–Kier alpha value is -4.84. The minimum absolute atomic E-state index is 0.0831. The van der Waals surface area contributed by atoms with Crippen LogP contribution in [0.5, 0.6) is 5.75 Å². The Morgan fingerprint density at radius 1 is 0.864 bits per heavy atom. The lowest BCUT2D eigenvalue weighted by molar-refractivity contribution is -0.113. The zero-order chi connectivity index (χ0) is 31.3. The first-order valence-electron chi connectivity index (χ1n) is 13.9. The van der Waals surface area contributed by atoms with Crippen LogP contribution in [0.4, 0.5) is 5.69 Å². The molecule has 9 heteroatoms. The third-order valence-electron chi connectivity index (χ3n) is 6.54. The van der Waals surface area contributed by atoms with Crippen molar-refractivity contribution in [1.29, 1.82) is 5.26 Å². The number of anilines is 1. The van der Waals surface area contributed by atoms with Gasteiger partial charge in [0.15, 0.2) is 5.78 Å². The third kappa shape index (κ3) is 8.83. The van der Waals surface area contributed by atoms with Crippen molar-refractivity contribution in [3.8, 4) is 11.8 Å². The van der Waals surface area contributed by atoms with Crippen LogP contribution in [-0.2, 0) is 4.79 Å². The van der Waals surface area contributed by atoms with Crippen LogP contribution in [0.3, 0.4) is 0 Å². The molecular weight excluding hydrogens is 594 g/mol. The highest BCUT2D eigenvalue weighted by Gasteiger charge is 2.28. The van der Waals surface area contributed by atoms with Crippen LogP contribution in [-0.4, -0.2) is 30.0 Å². The number of rotatable bonds is 13. The second kappa shape index (κ2) is 16.1. The Balaban J connectivity index is 1.68. The highest BCUT2D eigenvalue weighted by molar-refractivity contribution is 8.03. The second-order valence-corrected chi connectivity index (χ2v) is 10.9. The normalized spacial score (nSPS) is 11.8. The molecule has 0 aliphatic rings. The highest BCUT2D eigenvalue weighted by atomic mass is 35.5. The molecule has 0 saturated carbocycles. The summed E-state index contributed by atoms with van der Waals surface area (Å²) in [6.45, 7) is 2.41. The minimum atomic E-state index is -0.797. The highest BCUT2D eigenvalue weighted by Crippen LogP contribution is 2.37. The fourth-order valence-corrected chi connectivity index (χ4v) is 5.54. The molecule has 222 valence electrons. The average Bonchev–Trinajstić information content (AvgIpc) is 3.05. The summed E-state index contributed by atoms with van der Waals surface area (Å²) in [5, 5.41) is 16.7. The van der Waals surface area contributed by atoms with Crippen molar-refractivity contribution in [2.45, 2.75) is 19.3 Å². The number of nitriles is 1. The van der Waals surface area contributed by atoms with Gasteiger partial charge in [-0.25, -0.2) is 0 Å². The summed E-state index contributed by atoms with van der Waals surface area (Å²) in [5.74, 6) is -1.24. The fraction of sp³-hybridized carbons (Fsp3) is 0.143. The van der Waals surface area contributed by atoms with Crippen LogP contribution in [0.25, 0.3) is 0 Å². The van der Waals surface area contributed by atoms with E-state index in [9.17, 15) is 19.6 Å². The van der Waals surface area contributed by atoms with E-state index in [0.29, 0.717) is 39.8 Å². The lowest BCUT2D eigenvalue weighted by Crippen LogP contribution is -2.25. The van der Waals surface area contributed by atoms with Crippen molar-refractivity contribution in [1.82, 2.24) is 5.32 Å². The third-order valence-corrected chi connectivity index (χ3v) is 7.90. The van der Waals surface area contributed by atoms with Crippen LogP contribution in [0.1, 0.15) is 45.5 Å². The number of hydrogen-bond acceptors (Lipinski definition) is 6. The quantitative estimate of drug-likeness (QED) is 0.117. The number of halogens is 1. The van der Waals surface area contributed by atoms with Crippen molar-refractivity contribution < 1.29 is 19.1 Å². The topological polar surface area (TPSA) is 108 Å². The molecule has 4 aromatic rings. The molecule has 2 amide bonds. The molecule has 44 heavy (non-hydrogen) atoms. The van der Waals surface area contributed by atoms with Gasteiger partial charge in [0.25, 0.3) is 5.91 Å². The second-order valence-electron chi connectivity index (χ2n) is 9.54. The Morgan fingerprint density at radius 2 is 1.48 bits per heavy atom. The van der Waals surface area contributed by atoms with E-state index >= 15 is 0 Å². The first-order valence-corrected chi connectivity index (χ1v) is 15.2. The molecule has 7 nitrogen and oxygen atoms in total. The van der Waals surface area contributed by atoms with Crippen molar-refractivity contribution in [3.63, 3.8) is 0 Å². The number of thioether (sulfide) groups is 1. The Bertz CT molecular complexity index is 1670. The maximum absolute atomic E-state index is 13.4. The molecule has 0 saturated heterocycles. The summed E-state index contributed by atoms with van der Waals surface area (Å²) in [7, 11) is 0. The van der Waals surface area contributed by atoms with Crippen LogP contribution in [0.15, 0.2) is 120 Å². The Labute approximate surface area is 265 Å². The molecular formula is C35H30ClN3O4S. The van der Waals surface area contributed by atoms with Gasteiger partial charge in [-0.05, 0) is 55.0 Å². The van der Waals surface area contributed by atoms with Gasteiger partial charge in [0, 0.05) is 34.2 Å². The van der Waals surface area contributed by atoms with E-state index in [0.717, 1.165) is 11.8 Å². The smallest absolute Gasteiger partial charge is 0.256 e. The zero-order valence-electron chi connectivity index (χ0n) is 24.0. The summed E-state index contributed by atoms with van der Waals surface area (Å²) in [4.78, 5) is 39.7. The van der Waals surface area contributed by atoms with Crippen LogP contribution < -0.4 is 15.4 Å². The van der Waals surface area contributed by atoms with Crippen molar-refractivity contribution in [3.05, 3.63) is 142 Å². The monoisotopic (exact) mass is 623 g/mol. The van der Waals surface area contributed by atoms with E-state index < -0.39 is 11.8 Å². The zero-order valence-corrected chi connectivity index (χ0v) is 25.5. The van der Waals surface area contributed by atoms with Gasteiger partial charge in [0.1, 0.15) is 5.75 Å². The summed E-state index contributed by atoms with van der Waals surface area (Å²) in [6.07, 6.45) is -0.0831. The van der Waals surface area contributed by atoms with E-state index in [-0.39, 0.29) is 34.5 Å². The number of hydrogen-bond donors (Lipinski definition) is 2. The molecule has 0 spiro atoms. The first kappa shape index (κ1) is 32.1. The van der Waals surface area contributed by atoms with E-state index in [4.69, 9.17) is 16.3 Å². The number of carbonyl (C=O) groups is 3. The SMILES string of the molecule is CCOc1ccc(NC(=O)CS/C(NC(=O)c2ccccc2)=C(\C#N)[C@@H](CC(=O)c2ccccc2)c2ccccc2Cl)cc1. The van der Waals surface area contributed by atoms with Crippen molar-refractivity contribution in [2.75, 3.05) is 17.7 Å². The van der Waals surface area contributed by atoms with Gasteiger partial charge in [-0.15, -0.1) is 0 Å². The summed E-state index contributed by atoms with van der Waals surface area (Å²) in [5.41, 5.74) is 2.10. The molecule has 0 radical (unpaired) electrons. The van der Waals surface area contributed by atoms with Gasteiger partial charge in [0.2, 0.25) is 5.91 Å². The molecule has 0 aliphatic carbocycles. The van der Waals surface area contributed by atoms with Gasteiger partial charge in [-0.3, -0.25) is 14.4 Å². The number of benzene rings is 4. The van der Waals surface area contributed by atoms with Gasteiger partial charge < -0.3 is 15.4 Å². The van der Waals surface area contributed by atoms with Crippen molar-refractivity contribution >= 4 is 46.6 Å². The molecule has 0 unspecified atom stereocenters. The van der Waals surface area contributed by atoms with E-state index in [1.54, 1.807) is 103 Å². The maximum Gasteiger partial charge on any atom is 0.256 e. The molecule has 0 bridgehead atoms. The largest absolute Gasteiger partial charge is 0.494 e. The maximum atomic E-state index is 13.4. The van der Waals surface area contributed by atoms with Gasteiger partial charge in [0.05, 0.1) is 29.0 Å². The number of nitrogens with one attached hydrogen (secondary N) is 2.